The van der Waals surface area contributed by atoms with Gasteiger partial charge >= 0.3 is 0 Å². The molecule has 1 aromatic carbocycles. The first-order valence-electron chi connectivity index (χ1n) is 6.42. The van der Waals surface area contributed by atoms with Crippen LogP contribution in [0.4, 0.5) is 0 Å². The fourth-order valence-electron chi connectivity index (χ4n) is 2.53. The highest BCUT2D eigenvalue weighted by Gasteiger charge is 2.11. The molecule has 0 atom stereocenters. The van der Waals surface area contributed by atoms with E-state index in [0.29, 0.717) is 6.61 Å². The van der Waals surface area contributed by atoms with Crippen molar-refractivity contribution in [1.82, 2.24) is 4.98 Å². The van der Waals surface area contributed by atoms with E-state index in [1.54, 1.807) is 18.4 Å². The zero-order valence-corrected chi connectivity index (χ0v) is 11.4. The molecule has 1 aromatic heterocycles. The Labute approximate surface area is 112 Å². The number of ether oxygens (including phenoxy) is 1. The minimum atomic E-state index is 0.607. The number of nitrogens with zero attached hydrogens (tertiary/aromatic N) is 1. The van der Waals surface area contributed by atoms with Crippen molar-refractivity contribution in [3.8, 4) is 11.3 Å². The predicted octanol–water partition coefficient (Wildman–Crippen LogP) is 3.84. The first-order valence-corrected chi connectivity index (χ1v) is 7.30. The van der Waals surface area contributed by atoms with Crippen molar-refractivity contribution in [2.24, 2.45) is 0 Å². The Morgan fingerprint density at radius 2 is 2.06 bits per heavy atom. The highest BCUT2D eigenvalue weighted by molar-refractivity contribution is 7.09. The second-order valence-corrected chi connectivity index (χ2v) is 5.69. The van der Waals surface area contributed by atoms with Crippen LogP contribution in [0.2, 0.25) is 0 Å². The van der Waals surface area contributed by atoms with Crippen molar-refractivity contribution in [2.45, 2.75) is 32.3 Å². The molecule has 3 heteroatoms. The molecule has 0 amide bonds. The van der Waals surface area contributed by atoms with E-state index in [9.17, 15) is 0 Å². The molecule has 18 heavy (non-hydrogen) atoms. The van der Waals surface area contributed by atoms with Gasteiger partial charge in [-0.05, 0) is 42.9 Å². The third kappa shape index (κ3) is 2.33. The Morgan fingerprint density at radius 3 is 2.89 bits per heavy atom. The molecule has 2 aromatic rings. The van der Waals surface area contributed by atoms with Gasteiger partial charge in [0.05, 0.1) is 12.3 Å². The lowest BCUT2D eigenvalue weighted by Gasteiger charge is -2.16. The Morgan fingerprint density at radius 1 is 1.22 bits per heavy atom. The third-order valence-electron chi connectivity index (χ3n) is 3.46. The van der Waals surface area contributed by atoms with Crippen LogP contribution in [0.5, 0.6) is 0 Å². The number of thiazole rings is 1. The van der Waals surface area contributed by atoms with Gasteiger partial charge in [-0.2, -0.15) is 0 Å². The molecule has 1 heterocycles. The molecular formula is C15H17NOS. The molecule has 94 valence electrons. The summed E-state index contributed by atoms with van der Waals surface area (Å²) in [5.74, 6) is 0. The predicted molar refractivity (Wildman–Crippen MR) is 74.9 cm³/mol. The zero-order chi connectivity index (χ0) is 12.4. The number of benzene rings is 1. The highest BCUT2D eigenvalue weighted by Crippen LogP contribution is 2.28. The average molecular weight is 259 g/mol. The molecule has 0 radical (unpaired) electrons. The third-order valence-corrected chi connectivity index (χ3v) is 4.29. The summed E-state index contributed by atoms with van der Waals surface area (Å²) in [5.41, 5.74) is 5.37. The zero-order valence-electron chi connectivity index (χ0n) is 10.6. The van der Waals surface area contributed by atoms with Gasteiger partial charge in [0.25, 0.3) is 0 Å². The second-order valence-electron chi connectivity index (χ2n) is 4.75. The molecule has 0 bridgehead atoms. The number of rotatable bonds is 3. The molecule has 0 saturated carbocycles. The summed E-state index contributed by atoms with van der Waals surface area (Å²) in [7, 11) is 1.71. The van der Waals surface area contributed by atoms with Crippen LogP contribution in [0, 0.1) is 0 Å². The van der Waals surface area contributed by atoms with Gasteiger partial charge in [-0.25, -0.2) is 4.98 Å². The van der Waals surface area contributed by atoms with Gasteiger partial charge in [-0.15, -0.1) is 11.3 Å². The summed E-state index contributed by atoms with van der Waals surface area (Å²) in [4.78, 5) is 4.61. The first-order chi connectivity index (χ1) is 8.86. The minimum absolute atomic E-state index is 0.607. The lowest BCUT2D eigenvalue weighted by atomic mass is 9.90. The molecule has 0 fully saturated rings. The van der Waals surface area contributed by atoms with E-state index < -0.39 is 0 Å². The van der Waals surface area contributed by atoms with E-state index in [1.165, 1.54) is 42.4 Å². The Bertz CT molecular complexity index is 547. The second kappa shape index (κ2) is 5.21. The summed E-state index contributed by atoms with van der Waals surface area (Å²) in [6.07, 6.45) is 5.11. The molecule has 1 aliphatic rings. The van der Waals surface area contributed by atoms with Crippen LogP contribution in [0.3, 0.4) is 0 Å². The van der Waals surface area contributed by atoms with Crippen molar-refractivity contribution in [3.63, 3.8) is 0 Å². The van der Waals surface area contributed by atoms with Gasteiger partial charge in [0.15, 0.2) is 0 Å². The van der Waals surface area contributed by atoms with Crippen molar-refractivity contribution in [1.29, 1.82) is 0 Å². The molecule has 0 unspecified atom stereocenters. The van der Waals surface area contributed by atoms with Gasteiger partial charge in [0.1, 0.15) is 5.01 Å². The summed E-state index contributed by atoms with van der Waals surface area (Å²) in [6.45, 7) is 0.607. The fourth-order valence-corrected chi connectivity index (χ4v) is 3.30. The number of methoxy groups -OCH3 is 1. The lowest BCUT2D eigenvalue weighted by molar-refractivity contribution is 0.184. The molecule has 2 nitrogen and oxygen atoms in total. The molecular weight excluding hydrogens is 242 g/mol. The van der Waals surface area contributed by atoms with Crippen LogP contribution < -0.4 is 0 Å². The van der Waals surface area contributed by atoms with E-state index in [1.807, 2.05) is 0 Å². The van der Waals surface area contributed by atoms with Crippen LogP contribution in [-0.2, 0) is 24.2 Å². The highest BCUT2D eigenvalue weighted by atomic mass is 32.1. The topological polar surface area (TPSA) is 22.1 Å². The van der Waals surface area contributed by atoms with E-state index in [-0.39, 0.29) is 0 Å². The van der Waals surface area contributed by atoms with Crippen molar-refractivity contribution >= 4 is 11.3 Å². The number of hydrogen-bond donors (Lipinski definition) is 0. The Hall–Kier alpha value is -1.19. The molecule has 0 N–H and O–H groups in total. The number of aromatic nitrogens is 1. The van der Waals surface area contributed by atoms with Crippen molar-refractivity contribution in [2.75, 3.05) is 7.11 Å². The number of fused-ring (bicyclic) bond motifs is 1. The van der Waals surface area contributed by atoms with Gasteiger partial charge in [-0.1, -0.05) is 12.1 Å². The van der Waals surface area contributed by atoms with Crippen LogP contribution in [0.25, 0.3) is 11.3 Å². The minimum Gasteiger partial charge on any atom is -0.378 e. The van der Waals surface area contributed by atoms with E-state index in [2.05, 4.69) is 28.6 Å². The maximum absolute atomic E-state index is 5.12. The van der Waals surface area contributed by atoms with Crippen LogP contribution >= 0.6 is 11.3 Å². The van der Waals surface area contributed by atoms with Gasteiger partial charge < -0.3 is 4.74 Å². The average Bonchev–Trinajstić information content (AvgIpc) is 2.87. The van der Waals surface area contributed by atoms with Crippen LogP contribution in [0.1, 0.15) is 29.0 Å². The normalized spacial score (nSPS) is 14.5. The van der Waals surface area contributed by atoms with Crippen LogP contribution in [0.15, 0.2) is 23.6 Å². The maximum Gasteiger partial charge on any atom is 0.119 e. The van der Waals surface area contributed by atoms with Gasteiger partial charge in [0, 0.05) is 18.1 Å². The van der Waals surface area contributed by atoms with Crippen molar-refractivity contribution < 1.29 is 4.74 Å². The molecule has 3 rings (SSSR count). The number of hydrogen-bond acceptors (Lipinski definition) is 3. The SMILES string of the molecule is COCc1nc(-c2ccc3c(c2)CCCC3)cs1. The summed E-state index contributed by atoms with van der Waals surface area (Å²) < 4.78 is 5.12. The van der Waals surface area contributed by atoms with Crippen molar-refractivity contribution in [3.05, 3.63) is 39.7 Å². The summed E-state index contributed by atoms with van der Waals surface area (Å²) in [5, 5.41) is 3.17. The maximum atomic E-state index is 5.12. The molecule has 0 saturated heterocycles. The molecule has 0 aliphatic heterocycles. The number of aryl methyl sites for hydroxylation is 2. The summed E-state index contributed by atoms with van der Waals surface area (Å²) >= 11 is 1.67. The largest absolute Gasteiger partial charge is 0.378 e. The standard InChI is InChI=1S/C15H17NOS/c1-17-9-15-16-14(10-18-15)13-7-6-11-4-2-3-5-12(11)8-13/h6-8,10H,2-5,9H2,1H3. The van der Waals surface area contributed by atoms with Gasteiger partial charge in [-0.3, -0.25) is 0 Å². The molecule has 0 spiro atoms. The monoisotopic (exact) mass is 259 g/mol. The first kappa shape index (κ1) is 11.9. The van der Waals surface area contributed by atoms with E-state index in [4.69, 9.17) is 4.74 Å². The van der Waals surface area contributed by atoms with Gasteiger partial charge in [0.2, 0.25) is 0 Å². The fraction of sp³-hybridized carbons (Fsp3) is 0.400. The van der Waals surface area contributed by atoms with E-state index in [0.717, 1.165) is 10.7 Å². The lowest BCUT2D eigenvalue weighted by Crippen LogP contribution is -2.02. The van der Waals surface area contributed by atoms with Crippen LogP contribution in [-0.4, -0.2) is 12.1 Å². The summed E-state index contributed by atoms with van der Waals surface area (Å²) in [6, 6.07) is 6.80. The van der Waals surface area contributed by atoms with E-state index >= 15 is 0 Å². The molecule has 1 aliphatic carbocycles. The quantitative estimate of drug-likeness (QED) is 0.835. The smallest absolute Gasteiger partial charge is 0.119 e. The Kier molecular flexibility index (Phi) is 3.43. The Balaban J connectivity index is 1.91.